The molecule has 7 heteroatoms. The number of halogens is 1. The normalized spacial score (nSPS) is 10.5. The average molecular weight is 296 g/mol. The van der Waals surface area contributed by atoms with E-state index in [0.717, 1.165) is 0 Å². The molecule has 0 saturated heterocycles. The number of amides is 2. The smallest absolute Gasteiger partial charge is 0.238 e. The van der Waals surface area contributed by atoms with Crippen LogP contribution >= 0.6 is 0 Å². The van der Waals surface area contributed by atoms with Crippen LogP contribution in [0, 0.1) is 5.82 Å². The Bertz CT molecular complexity index is 508. The number of benzene rings is 1. The molecule has 116 valence electrons. The molecule has 0 bridgehead atoms. The molecule has 0 heterocycles. The van der Waals surface area contributed by atoms with E-state index >= 15 is 0 Å². The summed E-state index contributed by atoms with van der Waals surface area (Å²) in [6, 6.07) is 3.96. The first-order valence-electron chi connectivity index (χ1n) is 6.80. The lowest BCUT2D eigenvalue weighted by Crippen LogP contribution is -2.41. The largest absolute Gasteiger partial charge is 0.399 e. The van der Waals surface area contributed by atoms with Crippen LogP contribution in [0.3, 0.4) is 0 Å². The highest BCUT2D eigenvalue weighted by atomic mass is 19.1. The van der Waals surface area contributed by atoms with Crippen molar-refractivity contribution in [1.82, 2.24) is 10.2 Å². The van der Waals surface area contributed by atoms with Crippen molar-refractivity contribution in [2.45, 2.75) is 13.8 Å². The van der Waals surface area contributed by atoms with Gasteiger partial charge in [0.05, 0.1) is 18.8 Å². The zero-order valence-corrected chi connectivity index (χ0v) is 12.3. The van der Waals surface area contributed by atoms with Crippen molar-refractivity contribution in [3.63, 3.8) is 0 Å². The Balaban J connectivity index is 2.58. The Hall–Kier alpha value is -2.15. The van der Waals surface area contributed by atoms with Gasteiger partial charge in [-0.25, -0.2) is 4.39 Å². The molecule has 0 aromatic heterocycles. The maximum Gasteiger partial charge on any atom is 0.238 e. The summed E-state index contributed by atoms with van der Waals surface area (Å²) in [5.41, 5.74) is 5.95. The molecule has 0 aliphatic rings. The van der Waals surface area contributed by atoms with Gasteiger partial charge >= 0.3 is 0 Å². The Kier molecular flexibility index (Phi) is 6.61. The molecule has 21 heavy (non-hydrogen) atoms. The summed E-state index contributed by atoms with van der Waals surface area (Å²) >= 11 is 0. The Morgan fingerprint density at radius 2 is 1.90 bits per heavy atom. The van der Waals surface area contributed by atoms with E-state index < -0.39 is 11.7 Å². The third-order valence-electron chi connectivity index (χ3n) is 2.82. The standard InChI is InChI=1S/C14H21FN4O2/c1-3-17-13(20)8-19(4-2)9-14(21)18-12-7-10(16)5-6-11(12)15/h5-7H,3-4,8-9,16H2,1-2H3,(H,17,20)(H,18,21). The van der Waals surface area contributed by atoms with Crippen LogP contribution in [-0.4, -0.2) is 42.9 Å². The molecular weight excluding hydrogens is 275 g/mol. The third kappa shape index (κ3) is 5.78. The first-order chi connectivity index (χ1) is 9.96. The fraction of sp³-hybridized carbons (Fsp3) is 0.429. The lowest BCUT2D eigenvalue weighted by Gasteiger charge is -2.19. The van der Waals surface area contributed by atoms with Gasteiger partial charge in [0.1, 0.15) is 5.82 Å². The van der Waals surface area contributed by atoms with Crippen molar-refractivity contribution in [2.24, 2.45) is 0 Å². The highest BCUT2D eigenvalue weighted by molar-refractivity contribution is 5.93. The predicted octanol–water partition coefficient (Wildman–Crippen LogP) is 0.804. The number of nitrogens with zero attached hydrogens (tertiary/aromatic N) is 1. The molecule has 2 amide bonds. The Morgan fingerprint density at radius 3 is 2.52 bits per heavy atom. The minimum Gasteiger partial charge on any atom is -0.399 e. The fourth-order valence-electron chi connectivity index (χ4n) is 1.77. The molecule has 0 aliphatic heterocycles. The number of nitrogens with two attached hydrogens (primary N) is 1. The second-order valence-corrected chi connectivity index (χ2v) is 4.54. The van der Waals surface area contributed by atoms with Crippen molar-refractivity contribution in [3.05, 3.63) is 24.0 Å². The number of hydrogen-bond acceptors (Lipinski definition) is 4. The number of nitrogen functional groups attached to an aromatic ring is 1. The quantitative estimate of drug-likeness (QED) is 0.650. The highest BCUT2D eigenvalue weighted by Gasteiger charge is 2.14. The van der Waals surface area contributed by atoms with Gasteiger partial charge in [0.25, 0.3) is 0 Å². The van der Waals surface area contributed by atoms with Crippen molar-refractivity contribution in [3.8, 4) is 0 Å². The van der Waals surface area contributed by atoms with E-state index in [9.17, 15) is 14.0 Å². The molecule has 0 saturated carbocycles. The van der Waals surface area contributed by atoms with Gasteiger partial charge in [-0.3, -0.25) is 14.5 Å². The fourth-order valence-corrected chi connectivity index (χ4v) is 1.77. The van der Waals surface area contributed by atoms with E-state index in [2.05, 4.69) is 10.6 Å². The molecule has 0 fully saturated rings. The molecule has 1 aromatic rings. The number of rotatable bonds is 7. The van der Waals surface area contributed by atoms with Crippen LogP contribution in [-0.2, 0) is 9.59 Å². The maximum atomic E-state index is 13.5. The minimum absolute atomic E-state index is 0.00186. The van der Waals surface area contributed by atoms with E-state index in [1.807, 2.05) is 13.8 Å². The van der Waals surface area contributed by atoms with Crippen molar-refractivity contribution in [1.29, 1.82) is 0 Å². The van der Waals surface area contributed by atoms with Gasteiger partial charge in [0.2, 0.25) is 11.8 Å². The van der Waals surface area contributed by atoms with Gasteiger partial charge in [-0.2, -0.15) is 0 Å². The van der Waals surface area contributed by atoms with E-state index in [4.69, 9.17) is 5.73 Å². The number of carbonyl (C=O) groups is 2. The number of nitrogens with one attached hydrogen (secondary N) is 2. The van der Waals surface area contributed by atoms with Gasteiger partial charge in [0.15, 0.2) is 0 Å². The summed E-state index contributed by atoms with van der Waals surface area (Å²) < 4.78 is 13.5. The van der Waals surface area contributed by atoms with Gasteiger partial charge in [-0.05, 0) is 31.7 Å². The second kappa shape index (κ2) is 8.21. The van der Waals surface area contributed by atoms with Crippen LogP contribution in [0.15, 0.2) is 18.2 Å². The number of hydrogen-bond donors (Lipinski definition) is 3. The Morgan fingerprint density at radius 1 is 1.24 bits per heavy atom. The third-order valence-corrected chi connectivity index (χ3v) is 2.82. The summed E-state index contributed by atoms with van der Waals surface area (Å²) in [6.07, 6.45) is 0. The van der Waals surface area contributed by atoms with Gasteiger partial charge in [-0.1, -0.05) is 6.92 Å². The molecule has 4 N–H and O–H groups in total. The monoisotopic (exact) mass is 296 g/mol. The van der Waals surface area contributed by atoms with Crippen LogP contribution < -0.4 is 16.4 Å². The first-order valence-corrected chi connectivity index (χ1v) is 6.80. The van der Waals surface area contributed by atoms with Gasteiger partial charge in [-0.15, -0.1) is 0 Å². The molecule has 1 aromatic carbocycles. The predicted molar refractivity (Wildman–Crippen MR) is 80.2 cm³/mol. The zero-order chi connectivity index (χ0) is 15.8. The van der Waals surface area contributed by atoms with Crippen molar-refractivity contribution >= 4 is 23.2 Å². The topological polar surface area (TPSA) is 87.5 Å². The van der Waals surface area contributed by atoms with E-state index in [0.29, 0.717) is 18.8 Å². The summed E-state index contributed by atoms with van der Waals surface area (Å²) in [5, 5.41) is 5.11. The summed E-state index contributed by atoms with van der Waals surface area (Å²) in [5.74, 6) is -1.10. The summed E-state index contributed by atoms with van der Waals surface area (Å²) in [7, 11) is 0. The van der Waals surface area contributed by atoms with Crippen LogP contribution in [0.25, 0.3) is 0 Å². The molecule has 1 rings (SSSR count). The minimum atomic E-state index is -0.552. The first kappa shape index (κ1) is 16.9. The molecule has 0 aliphatic carbocycles. The second-order valence-electron chi connectivity index (χ2n) is 4.54. The van der Waals surface area contributed by atoms with Crippen LogP contribution in [0.1, 0.15) is 13.8 Å². The zero-order valence-electron chi connectivity index (χ0n) is 12.3. The maximum absolute atomic E-state index is 13.5. The van der Waals surface area contributed by atoms with Gasteiger partial charge < -0.3 is 16.4 Å². The molecule has 6 nitrogen and oxygen atoms in total. The number of likely N-dealkylation sites (N-methyl/N-ethyl adjacent to an activating group) is 2. The van der Waals surface area contributed by atoms with Crippen molar-refractivity contribution < 1.29 is 14.0 Å². The summed E-state index contributed by atoms with van der Waals surface area (Å²) in [4.78, 5) is 25.0. The summed E-state index contributed by atoms with van der Waals surface area (Å²) in [6.45, 7) is 4.86. The lowest BCUT2D eigenvalue weighted by molar-refractivity contribution is -0.123. The Labute approximate surface area is 123 Å². The lowest BCUT2D eigenvalue weighted by atomic mass is 10.2. The van der Waals surface area contributed by atoms with Gasteiger partial charge in [0, 0.05) is 12.2 Å². The molecule has 0 radical (unpaired) electrons. The van der Waals surface area contributed by atoms with E-state index in [1.165, 1.54) is 18.2 Å². The molecular formula is C14H21FN4O2. The molecule has 0 spiro atoms. The van der Waals surface area contributed by atoms with E-state index in [1.54, 1.807) is 4.90 Å². The van der Waals surface area contributed by atoms with Crippen molar-refractivity contribution in [2.75, 3.05) is 37.2 Å². The van der Waals surface area contributed by atoms with Crippen LogP contribution in [0.5, 0.6) is 0 Å². The van der Waals surface area contributed by atoms with Crippen LogP contribution in [0.4, 0.5) is 15.8 Å². The SMILES string of the molecule is CCNC(=O)CN(CC)CC(=O)Nc1cc(N)ccc1F. The average Bonchev–Trinajstić information content (AvgIpc) is 2.42. The molecule has 0 atom stereocenters. The number of carbonyl (C=O) groups excluding carboxylic acids is 2. The highest BCUT2D eigenvalue weighted by Crippen LogP contribution is 2.17. The molecule has 0 unspecified atom stereocenters. The van der Waals surface area contributed by atoms with Crippen LogP contribution in [0.2, 0.25) is 0 Å². The van der Waals surface area contributed by atoms with E-state index in [-0.39, 0.29) is 24.7 Å². The number of anilines is 2.